The molecule has 1 saturated heterocycles. The van der Waals surface area contributed by atoms with E-state index in [0.29, 0.717) is 5.56 Å². The van der Waals surface area contributed by atoms with E-state index >= 15 is 0 Å². The topological polar surface area (TPSA) is 87.2 Å². The summed E-state index contributed by atoms with van der Waals surface area (Å²) in [6.07, 6.45) is 3.25. The Hall–Kier alpha value is -4.56. The number of aromatic nitrogens is 1. The number of piperazine rings is 1. The monoisotopic (exact) mass is 552 g/mol. The quantitative estimate of drug-likeness (QED) is 0.270. The molecule has 0 bridgehead atoms. The van der Waals surface area contributed by atoms with E-state index in [-0.39, 0.29) is 17.8 Å². The van der Waals surface area contributed by atoms with Crippen LogP contribution in [0.15, 0.2) is 85.2 Å². The van der Waals surface area contributed by atoms with Crippen LogP contribution < -0.4 is 19.7 Å². The van der Waals surface area contributed by atoms with Gasteiger partial charge in [-0.2, -0.15) is 0 Å². The summed E-state index contributed by atoms with van der Waals surface area (Å²) in [5, 5.41) is 12.9. The molecule has 1 fully saturated rings. The fourth-order valence-corrected chi connectivity index (χ4v) is 4.97. The Balaban J connectivity index is 1.19. The first-order chi connectivity index (χ1) is 19.9. The van der Waals surface area contributed by atoms with Crippen LogP contribution in [0.4, 0.5) is 11.4 Å². The van der Waals surface area contributed by atoms with Crippen LogP contribution in [0.3, 0.4) is 0 Å². The molecule has 5 rings (SSSR count). The minimum absolute atomic E-state index is 0.0591. The molecule has 3 aromatic carbocycles. The summed E-state index contributed by atoms with van der Waals surface area (Å²) >= 11 is 0. The first kappa shape index (κ1) is 28.0. The van der Waals surface area contributed by atoms with Crippen LogP contribution in [0, 0.1) is 0 Å². The molecule has 0 unspecified atom stereocenters. The number of pyridine rings is 1. The van der Waals surface area contributed by atoms with Crippen LogP contribution in [-0.4, -0.2) is 60.3 Å². The lowest BCUT2D eigenvalue weighted by Crippen LogP contribution is -2.46. The Morgan fingerprint density at radius 3 is 2.29 bits per heavy atom. The SMILES string of the molecule is COc1ccc(NC(=O)c2ccc(N3CCN(Cc4cc(OC(C)C)cc(-c5cncc(O)c5)c4)CC3)cc2)cc1. The molecular weight excluding hydrogens is 516 g/mol. The number of benzene rings is 3. The van der Waals surface area contributed by atoms with Crippen molar-refractivity contribution < 1.29 is 19.4 Å². The van der Waals surface area contributed by atoms with E-state index in [0.717, 1.165) is 72.3 Å². The maximum atomic E-state index is 12.7. The van der Waals surface area contributed by atoms with Crippen molar-refractivity contribution in [3.8, 4) is 28.4 Å². The summed E-state index contributed by atoms with van der Waals surface area (Å²) < 4.78 is 11.2. The number of amides is 1. The van der Waals surface area contributed by atoms with E-state index in [4.69, 9.17) is 9.47 Å². The summed E-state index contributed by atoms with van der Waals surface area (Å²) in [5.41, 5.74) is 5.42. The largest absolute Gasteiger partial charge is 0.506 e. The van der Waals surface area contributed by atoms with Crippen molar-refractivity contribution >= 4 is 17.3 Å². The van der Waals surface area contributed by atoms with E-state index in [1.165, 1.54) is 6.20 Å². The highest BCUT2D eigenvalue weighted by Crippen LogP contribution is 2.29. The molecule has 1 amide bonds. The smallest absolute Gasteiger partial charge is 0.255 e. The highest BCUT2D eigenvalue weighted by molar-refractivity contribution is 6.04. The van der Waals surface area contributed by atoms with Crippen LogP contribution in [0.5, 0.6) is 17.2 Å². The Kier molecular flexibility index (Phi) is 8.70. The number of carbonyl (C=O) groups is 1. The zero-order valence-electron chi connectivity index (χ0n) is 23.7. The maximum Gasteiger partial charge on any atom is 0.255 e. The summed E-state index contributed by atoms with van der Waals surface area (Å²) in [6.45, 7) is 8.44. The van der Waals surface area contributed by atoms with Crippen LogP contribution in [0.25, 0.3) is 11.1 Å². The summed E-state index contributed by atoms with van der Waals surface area (Å²) in [5.74, 6) is 1.56. The lowest BCUT2D eigenvalue weighted by molar-refractivity contribution is 0.102. The average Bonchev–Trinajstić information content (AvgIpc) is 2.97. The Morgan fingerprint density at radius 2 is 1.63 bits per heavy atom. The fourth-order valence-electron chi connectivity index (χ4n) is 4.97. The second-order valence-corrected chi connectivity index (χ2v) is 10.5. The van der Waals surface area contributed by atoms with Crippen molar-refractivity contribution in [3.63, 3.8) is 0 Å². The molecule has 1 aromatic heterocycles. The molecule has 4 aromatic rings. The van der Waals surface area contributed by atoms with Crippen molar-refractivity contribution in [3.05, 3.63) is 96.3 Å². The molecule has 0 atom stereocenters. The van der Waals surface area contributed by atoms with Gasteiger partial charge in [-0.05, 0) is 97.8 Å². The fraction of sp³-hybridized carbons (Fsp3) is 0.273. The third-order valence-electron chi connectivity index (χ3n) is 7.02. The lowest BCUT2D eigenvalue weighted by Gasteiger charge is -2.36. The van der Waals surface area contributed by atoms with E-state index < -0.39 is 0 Å². The maximum absolute atomic E-state index is 12.7. The molecule has 2 heterocycles. The number of methoxy groups -OCH3 is 1. The van der Waals surface area contributed by atoms with Crippen molar-refractivity contribution in [1.82, 2.24) is 9.88 Å². The van der Waals surface area contributed by atoms with Gasteiger partial charge in [-0.15, -0.1) is 0 Å². The number of aromatic hydroxyl groups is 1. The highest BCUT2D eigenvalue weighted by Gasteiger charge is 2.19. The predicted molar refractivity (Wildman–Crippen MR) is 162 cm³/mol. The van der Waals surface area contributed by atoms with Gasteiger partial charge in [0.1, 0.15) is 17.2 Å². The van der Waals surface area contributed by atoms with E-state index in [2.05, 4.69) is 32.2 Å². The standard InChI is InChI=1S/C33H36N4O4/c1-23(2)41-32-17-24(16-26(19-32)27-18-30(38)21-34-20-27)22-36-12-14-37(15-13-36)29-8-4-25(5-9-29)33(39)35-28-6-10-31(40-3)11-7-28/h4-11,16-21,23,38H,12-15,22H2,1-3H3,(H,35,39). The molecule has 0 radical (unpaired) electrons. The van der Waals surface area contributed by atoms with E-state index in [9.17, 15) is 9.90 Å². The number of ether oxygens (including phenoxy) is 2. The molecule has 2 N–H and O–H groups in total. The molecule has 41 heavy (non-hydrogen) atoms. The lowest BCUT2D eigenvalue weighted by atomic mass is 10.0. The summed E-state index contributed by atoms with van der Waals surface area (Å²) in [6, 6.07) is 23.0. The molecule has 8 nitrogen and oxygen atoms in total. The predicted octanol–water partition coefficient (Wildman–Crippen LogP) is 5.82. The number of nitrogens with zero attached hydrogens (tertiary/aromatic N) is 3. The van der Waals surface area contributed by atoms with Crippen LogP contribution in [0.1, 0.15) is 29.8 Å². The molecule has 0 aliphatic carbocycles. The molecule has 0 saturated carbocycles. The van der Waals surface area contributed by atoms with Crippen molar-refractivity contribution in [2.24, 2.45) is 0 Å². The van der Waals surface area contributed by atoms with Gasteiger partial charge in [0.25, 0.3) is 5.91 Å². The van der Waals surface area contributed by atoms with Crippen molar-refractivity contribution in [2.45, 2.75) is 26.5 Å². The average molecular weight is 553 g/mol. The number of carbonyl (C=O) groups excluding carboxylic acids is 1. The van der Waals surface area contributed by atoms with E-state index in [1.54, 1.807) is 19.4 Å². The Morgan fingerprint density at radius 1 is 0.902 bits per heavy atom. The van der Waals surface area contributed by atoms with Gasteiger partial charge in [0, 0.05) is 61.4 Å². The molecule has 8 heteroatoms. The van der Waals surface area contributed by atoms with Gasteiger partial charge in [-0.25, -0.2) is 0 Å². The first-order valence-corrected chi connectivity index (χ1v) is 13.8. The number of nitrogens with one attached hydrogen (secondary N) is 1. The number of anilines is 2. The van der Waals surface area contributed by atoms with Gasteiger partial charge < -0.3 is 24.8 Å². The number of rotatable bonds is 9. The normalized spacial score (nSPS) is 13.7. The minimum Gasteiger partial charge on any atom is -0.506 e. The molecule has 1 aliphatic rings. The Bertz CT molecular complexity index is 1460. The zero-order chi connectivity index (χ0) is 28.8. The van der Waals surface area contributed by atoms with Crippen LogP contribution in [-0.2, 0) is 6.54 Å². The minimum atomic E-state index is -0.143. The van der Waals surface area contributed by atoms with Gasteiger partial charge in [0.15, 0.2) is 0 Å². The third kappa shape index (κ3) is 7.35. The zero-order valence-corrected chi connectivity index (χ0v) is 23.7. The molecule has 212 valence electrons. The van der Waals surface area contributed by atoms with Gasteiger partial charge in [0.05, 0.1) is 19.4 Å². The van der Waals surface area contributed by atoms with E-state index in [1.807, 2.05) is 68.4 Å². The van der Waals surface area contributed by atoms with Gasteiger partial charge in [-0.3, -0.25) is 14.7 Å². The van der Waals surface area contributed by atoms with Crippen LogP contribution >= 0.6 is 0 Å². The summed E-state index contributed by atoms with van der Waals surface area (Å²) in [7, 11) is 1.62. The van der Waals surface area contributed by atoms with Gasteiger partial charge in [-0.1, -0.05) is 0 Å². The van der Waals surface area contributed by atoms with Crippen LogP contribution in [0.2, 0.25) is 0 Å². The molecular formula is C33H36N4O4. The van der Waals surface area contributed by atoms with Gasteiger partial charge in [0.2, 0.25) is 0 Å². The molecule has 1 aliphatic heterocycles. The first-order valence-electron chi connectivity index (χ1n) is 13.8. The second kappa shape index (κ2) is 12.7. The highest BCUT2D eigenvalue weighted by atomic mass is 16.5. The van der Waals surface area contributed by atoms with Gasteiger partial charge >= 0.3 is 0 Å². The Labute approximate surface area is 241 Å². The third-order valence-corrected chi connectivity index (χ3v) is 7.02. The number of hydrogen-bond donors (Lipinski definition) is 2. The number of hydrogen-bond acceptors (Lipinski definition) is 7. The molecule has 0 spiro atoms. The summed E-state index contributed by atoms with van der Waals surface area (Å²) in [4.78, 5) is 21.6. The second-order valence-electron chi connectivity index (χ2n) is 10.5. The van der Waals surface area contributed by atoms with Crippen molar-refractivity contribution in [1.29, 1.82) is 0 Å². The van der Waals surface area contributed by atoms with Crippen molar-refractivity contribution in [2.75, 3.05) is 43.5 Å².